The van der Waals surface area contributed by atoms with Crippen molar-refractivity contribution in [3.8, 4) is 0 Å². The number of aliphatic hydroxyl groups excluding tert-OH is 1. The second kappa shape index (κ2) is 6.09. The summed E-state index contributed by atoms with van der Waals surface area (Å²) >= 11 is 3.22. The van der Waals surface area contributed by atoms with Crippen LogP contribution in [0.4, 0.5) is 5.69 Å². The highest BCUT2D eigenvalue weighted by molar-refractivity contribution is 9.10. The number of hydrogen-bond donors (Lipinski definition) is 1. The Balaban J connectivity index is 2.94. The van der Waals surface area contributed by atoms with E-state index in [9.17, 15) is 10.1 Å². The molecule has 0 bridgehead atoms. The van der Waals surface area contributed by atoms with Crippen LogP contribution in [0.1, 0.15) is 12.5 Å². The highest BCUT2D eigenvalue weighted by Gasteiger charge is 2.17. The molecule has 0 saturated heterocycles. The summed E-state index contributed by atoms with van der Waals surface area (Å²) in [7, 11) is 1.83. The van der Waals surface area contributed by atoms with Crippen molar-refractivity contribution in [2.75, 3.05) is 13.7 Å². The normalized spacial score (nSPS) is 12.8. The van der Waals surface area contributed by atoms with E-state index in [1.54, 1.807) is 12.1 Å². The molecule has 0 aliphatic heterocycles. The van der Waals surface area contributed by atoms with Gasteiger partial charge in [-0.05, 0) is 26.1 Å². The Hall–Kier alpha value is -0.980. The number of likely N-dealkylation sites (N-methyl/N-ethyl adjacent to an activating group) is 1. The molecule has 1 rings (SSSR count). The van der Waals surface area contributed by atoms with E-state index in [2.05, 4.69) is 15.9 Å². The fourth-order valence-corrected chi connectivity index (χ4v) is 1.75. The third-order valence-electron chi connectivity index (χ3n) is 2.68. The maximum atomic E-state index is 10.9. The minimum atomic E-state index is -0.391. The topological polar surface area (TPSA) is 66.6 Å². The molecule has 94 valence electrons. The van der Waals surface area contributed by atoms with Gasteiger partial charge in [-0.1, -0.05) is 15.9 Å². The lowest BCUT2D eigenvalue weighted by Crippen LogP contribution is -2.31. The van der Waals surface area contributed by atoms with Crippen molar-refractivity contribution in [3.05, 3.63) is 38.3 Å². The Morgan fingerprint density at radius 2 is 2.24 bits per heavy atom. The van der Waals surface area contributed by atoms with Gasteiger partial charge < -0.3 is 5.11 Å². The van der Waals surface area contributed by atoms with E-state index in [4.69, 9.17) is 5.11 Å². The van der Waals surface area contributed by atoms with Gasteiger partial charge in [-0.25, -0.2) is 0 Å². The molecule has 0 saturated carbocycles. The monoisotopic (exact) mass is 302 g/mol. The number of aliphatic hydroxyl groups is 1. The van der Waals surface area contributed by atoms with Gasteiger partial charge in [0.1, 0.15) is 0 Å². The molecule has 17 heavy (non-hydrogen) atoms. The van der Waals surface area contributed by atoms with Crippen LogP contribution in [0.2, 0.25) is 0 Å². The standard InChI is InChI=1S/C11H15BrN2O3/c1-8(7-15)13(2)6-9-3-4-10(12)5-11(9)14(16)17/h3-5,8,15H,6-7H2,1-2H3. The maximum Gasteiger partial charge on any atom is 0.275 e. The molecule has 0 radical (unpaired) electrons. The number of halogens is 1. The molecule has 0 aliphatic carbocycles. The molecule has 0 heterocycles. The summed E-state index contributed by atoms with van der Waals surface area (Å²) in [4.78, 5) is 12.4. The highest BCUT2D eigenvalue weighted by atomic mass is 79.9. The van der Waals surface area contributed by atoms with Crippen molar-refractivity contribution < 1.29 is 10.0 Å². The Labute approximate surface area is 108 Å². The van der Waals surface area contributed by atoms with E-state index in [1.165, 1.54) is 6.07 Å². The molecular formula is C11H15BrN2O3. The minimum absolute atomic E-state index is 0.0286. The second-order valence-electron chi connectivity index (χ2n) is 3.98. The Morgan fingerprint density at radius 3 is 2.76 bits per heavy atom. The summed E-state index contributed by atoms with van der Waals surface area (Å²) in [6, 6.07) is 4.97. The van der Waals surface area contributed by atoms with Crippen LogP contribution in [-0.4, -0.2) is 34.6 Å². The largest absolute Gasteiger partial charge is 0.395 e. The van der Waals surface area contributed by atoms with Crippen LogP contribution in [0.3, 0.4) is 0 Å². The van der Waals surface area contributed by atoms with Crippen LogP contribution in [0, 0.1) is 10.1 Å². The highest BCUT2D eigenvalue weighted by Crippen LogP contribution is 2.24. The lowest BCUT2D eigenvalue weighted by molar-refractivity contribution is -0.385. The zero-order valence-electron chi connectivity index (χ0n) is 9.76. The summed E-state index contributed by atoms with van der Waals surface area (Å²) in [5, 5.41) is 19.9. The van der Waals surface area contributed by atoms with E-state index >= 15 is 0 Å². The number of rotatable bonds is 5. The lowest BCUT2D eigenvalue weighted by atomic mass is 10.1. The average Bonchev–Trinajstić information content (AvgIpc) is 2.29. The van der Waals surface area contributed by atoms with E-state index in [1.807, 2.05) is 18.9 Å². The van der Waals surface area contributed by atoms with Crippen LogP contribution in [0.5, 0.6) is 0 Å². The molecule has 1 unspecified atom stereocenters. The van der Waals surface area contributed by atoms with E-state index < -0.39 is 4.92 Å². The molecule has 0 spiro atoms. The fourth-order valence-electron chi connectivity index (χ4n) is 1.40. The number of benzene rings is 1. The Morgan fingerprint density at radius 1 is 1.59 bits per heavy atom. The van der Waals surface area contributed by atoms with Gasteiger partial charge in [0.15, 0.2) is 0 Å². The smallest absolute Gasteiger partial charge is 0.275 e. The third kappa shape index (κ3) is 3.76. The van der Waals surface area contributed by atoms with Gasteiger partial charge in [-0.2, -0.15) is 0 Å². The van der Waals surface area contributed by atoms with Crippen molar-refractivity contribution in [1.29, 1.82) is 0 Å². The maximum absolute atomic E-state index is 10.9. The molecule has 0 aromatic heterocycles. The molecule has 6 heteroatoms. The second-order valence-corrected chi connectivity index (χ2v) is 4.89. The SMILES string of the molecule is CC(CO)N(C)Cc1ccc(Br)cc1[N+](=O)[O-]. The third-order valence-corrected chi connectivity index (χ3v) is 3.17. The molecule has 1 N–H and O–H groups in total. The lowest BCUT2D eigenvalue weighted by Gasteiger charge is -2.22. The van der Waals surface area contributed by atoms with Crippen LogP contribution in [0.25, 0.3) is 0 Å². The predicted molar refractivity (Wildman–Crippen MR) is 68.8 cm³/mol. The molecule has 1 atom stereocenters. The van der Waals surface area contributed by atoms with E-state index in [0.717, 1.165) is 0 Å². The zero-order valence-corrected chi connectivity index (χ0v) is 11.3. The predicted octanol–water partition coefficient (Wildman–Crippen LogP) is 2.17. The minimum Gasteiger partial charge on any atom is -0.395 e. The summed E-state index contributed by atoms with van der Waals surface area (Å²) in [5.41, 5.74) is 0.734. The van der Waals surface area contributed by atoms with Crippen molar-refractivity contribution >= 4 is 21.6 Å². The summed E-state index contributed by atoms with van der Waals surface area (Å²) < 4.78 is 0.686. The van der Waals surface area contributed by atoms with Crippen LogP contribution < -0.4 is 0 Å². The molecule has 5 nitrogen and oxygen atoms in total. The molecule has 1 aromatic carbocycles. The summed E-state index contributed by atoms with van der Waals surface area (Å²) in [6.45, 7) is 2.33. The van der Waals surface area contributed by atoms with Gasteiger partial charge in [-0.15, -0.1) is 0 Å². The van der Waals surface area contributed by atoms with Crippen LogP contribution in [-0.2, 0) is 6.54 Å². The quantitative estimate of drug-likeness (QED) is 0.669. The van der Waals surface area contributed by atoms with Crippen molar-refractivity contribution in [2.24, 2.45) is 0 Å². The first kappa shape index (κ1) is 14.1. The molecule has 0 fully saturated rings. The van der Waals surface area contributed by atoms with Gasteiger partial charge in [0.2, 0.25) is 0 Å². The molecule has 0 amide bonds. The first-order valence-corrected chi connectivity index (χ1v) is 5.99. The number of nitro groups is 1. The van der Waals surface area contributed by atoms with Crippen LogP contribution >= 0.6 is 15.9 Å². The first-order valence-electron chi connectivity index (χ1n) is 5.19. The van der Waals surface area contributed by atoms with E-state index in [-0.39, 0.29) is 18.3 Å². The molecular weight excluding hydrogens is 288 g/mol. The zero-order chi connectivity index (χ0) is 13.0. The van der Waals surface area contributed by atoms with Gasteiger partial charge >= 0.3 is 0 Å². The number of nitrogens with zero attached hydrogens (tertiary/aromatic N) is 2. The number of hydrogen-bond acceptors (Lipinski definition) is 4. The van der Waals surface area contributed by atoms with E-state index in [0.29, 0.717) is 16.6 Å². The molecule has 0 aliphatic rings. The van der Waals surface area contributed by atoms with Crippen LogP contribution in [0.15, 0.2) is 22.7 Å². The van der Waals surface area contributed by atoms with Crippen molar-refractivity contribution in [2.45, 2.75) is 19.5 Å². The fraction of sp³-hybridized carbons (Fsp3) is 0.455. The Kier molecular flexibility index (Phi) is 5.04. The summed E-state index contributed by atoms with van der Waals surface area (Å²) in [6.07, 6.45) is 0. The van der Waals surface area contributed by atoms with Crippen molar-refractivity contribution in [3.63, 3.8) is 0 Å². The average molecular weight is 303 g/mol. The van der Waals surface area contributed by atoms with Gasteiger partial charge in [0, 0.05) is 28.7 Å². The summed E-state index contributed by atoms with van der Waals surface area (Å²) in [5.74, 6) is 0. The van der Waals surface area contributed by atoms with Gasteiger partial charge in [0.05, 0.1) is 11.5 Å². The molecule has 1 aromatic rings. The first-order chi connectivity index (χ1) is 7.95. The van der Waals surface area contributed by atoms with Crippen molar-refractivity contribution in [1.82, 2.24) is 4.90 Å². The van der Waals surface area contributed by atoms with Gasteiger partial charge in [-0.3, -0.25) is 15.0 Å². The number of nitro benzene ring substituents is 1. The van der Waals surface area contributed by atoms with Gasteiger partial charge in [0.25, 0.3) is 5.69 Å². The Bertz CT molecular complexity index is 412.